The molecule has 0 radical (unpaired) electrons. The predicted octanol–water partition coefficient (Wildman–Crippen LogP) is 2.16. The molecule has 20 heavy (non-hydrogen) atoms. The zero-order valence-electron chi connectivity index (χ0n) is 11.1. The van der Waals surface area contributed by atoms with E-state index in [1.54, 1.807) is 34.0 Å². The standard InChI is InChI=1S/C13H13ClN4O2/c1-8-7-17(13(19)10-5-6-15-18(8)10)11-4-3-9(14)12(16-11)20-2/h3-6,8H,7H2,1-2H3. The molecule has 0 N–H and O–H groups in total. The maximum Gasteiger partial charge on any atom is 0.277 e. The summed E-state index contributed by atoms with van der Waals surface area (Å²) in [5, 5.41) is 4.58. The van der Waals surface area contributed by atoms with Gasteiger partial charge in [-0.05, 0) is 25.1 Å². The van der Waals surface area contributed by atoms with Crippen LogP contribution >= 0.6 is 11.6 Å². The Hall–Kier alpha value is -2.08. The second-order valence-electron chi connectivity index (χ2n) is 4.59. The van der Waals surface area contributed by atoms with Gasteiger partial charge < -0.3 is 4.74 Å². The van der Waals surface area contributed by atoms with E-state index in [1.165, 1.54) is 7.11 Å². The molecule has 1 amide bonds. The number of carbonyl (C=O) groups excluding carboxylic acids is 1. The van der Waals surface area contributed by atoms with Gasteiger partial charge in [-0.25, -0.2) is 0 Å². The van der Waals surface area contributed by atoms with Gasteiger partial charge in [0, 0.05) is 12.7 Å². The normalized spacial score (nSPS) is 18.1. The van der Waals surface area contributed by atoms with Crippen molar-refractivity contribution in [2.24, 2.45) is 0 Å². The van der Waals surface area contributed by atoms with Crippen LogP contribution < -0.4 is 9.64 Å². The first-order valence-corrected chi connectivity index (χ1v) is 6.55. The smallest absolute Gasteiger partial charge is 0.277 e. The van der Waals surface area contributed by atoms with E-state index in [4.69, 9.17) is 16.3 Å². The number of methoxy groups -OCH3 is 1. The molecule has 7 heteroatoms. The third-order valence-electron chi connectivity index (χ3n) is 3.27. The number of hydrogen-bond donors (Lipinski definition) is 0. The highest BCUT2D eigenvalue weighted by Crippen LogP contribution is 2.29. The van der Waals surface area contributed by atoms with Crippen LogP contribution in [0.5, 0.6) is 5.88 Å². The second kappa shape index (κ2) is 4.79. The molecule has 0 saturated heterocycles. The summed E-state index contributed by atoms with van der Waals surface area (Å²) < 4.78 is 6.82. The van der Waals surface area contributed by atoms with Gasteiger partial charge in [-0.15, -0.1) is 0 Å². The van der Waals surface area contributed by atoms with Crippen molar-refractivity contribution in [2.45, 2.75) is 13.0 Å². The highest BCUT2D eigenvalue weighted by Gasteiger charge is 2.31. The largest absolute Gasteiger partial charge is 0.480 e. The average molecular weight is 293 g/mol. The molecule has 2 aromatic rings. The van der Waals surface area contributed by atoms with Crippen molar-refractivity contribution in [3.8, 4) is 5.88 Å². The summed E-state index contributed by atoms with van der Waals surface area (Å²) in [6.45, 7) is 2.51. The summed E-state index contributed by atoms with van der Waals surface area (Å²) in [7, 11) is 1.49. The van der Waals surface area contributed by atoms with Crippen LogP contribution in [-0.2, 0) is 0 Å². The maximum absolute atomic E-state index is 12.5. The lowest BCUT2D eigenvalue weighted by molar-refractivity contribution is 0.0952. The van der Waals surface area contributed by atoms with E-state index < -0.39 is 0 Å². The van der Waals surface area contributed by atoms with E-state index in [1.807, 2.05) is 6.92 Å². The number of amides is 1. The minimum atomic E-state index is -0.127. The quantitative estimate of drug-likeness (QED) is 0.851. The van der Waals surface area contributed by atoms with E-state index in [0.29, 0.717) is 29.0 Å². The highest BCUT2D eigenvalue weighted by molar-refractivity contribution is 6.31. The molecule has 6 nitrogen and oxygen atoms in total. The maximum atomic E-state index is 12.5. The number of halogens is 1. The van der Waals surface area contributed by atoms with Gasteiger partial charge >= 0.3 is 0 Å². The first-order chi connectivity index (χ1) is 9.61. The summed E-state index contributed by atoms with van der Waals surface area (Å²) in [6.07, 6.45) is 1.63. The molecule has 1 aliphatic rings. The zero-order chi connectivity index (χ0) is 14.3. The summed E-state index contributed by atoms with van der Waals surface area (Å²) in [5.74, 6) is 0.705. The Balaban J connectivity index is 2.02. The third-order valence-corrected chi connectivity index (χ3v) is 3.56. The number of aromatic nitrogens is 3. The fourth-order valence-electron chi connectivity index (χ4n) is 2.30. The Kier molecular flexibility index (Phi) is 3.10. The second-order valence-corrected chi connectivity index (χ2v) is 4.99. The average Bonchev–Trinajstić information content (AvgIpc) is 2.94. The molecular formula is C13H13ClN4O2. The molecule has 0 spiro atoms. The first kappa shape index (κ1) is 12.9. The zero-order valence-corrected chi connectivity index (χ0v) is 11.8. The van der Waals surface area contributed by atoms with Crippen molar-refractivity contribution in [3.63, 3.8) is 0 Å². The Labute approximate surface area is 120 Å². The van der Waals surface area contributed by atoms with Crippen LogP contribution in [0.4, 0.5) is 5.82 Å². The minimum Gasteiger partial charge on any atom is -0.480 e. The van der Waals surface area contributed by atoms with Crippen LogP contribution in [0.25, 0.3) is 0 Å². The molecule has 0 fully saturated rings. The lowest BCUT2D eigenvalue weighted by Gasteiger charge is -2.31. The Morgan fingerprint density at radius 1 is 1.40 bits per heavy atom. The van der Waals surface area contributed by atoms with Crippen molar-refractivity contribution in [3.05, 3.63) is 35.1 Å². The minimum absolute atomic E-state index is 0.0844. The van der Waals surface area contributed by atoms with Gasteiger partial charge in [0.15, 0.2) is 0 Å². The third kappa shape index (κ3) is 1.92. The molecule has 0 aromatic carbocycles. The van der Waals surface area contributed by atoms with Crippen molar-refractivity contribution in [1.82, 2.24) is 14.8 Å². The van der Waals surface area contributed by atoms with Gasteiger partial charge in [0.05, 0.1) is 13.2 Å². The van der Waals surface area contributed by atoms with E-state index in [2.05, 4.69) is 10.1 Å². The molecule has 1 atom stereocenters. The number of carbonyl (C=O) groups is 1. The molecule has 1 aliphatic heterocycles. The Bertz CT molecular complexity index is 670. The van der Waals surface area contributed by atoms with Crippen LogP contribution in [0.3, 0.4) is 0 Å². The van der Waals surface area contributed by atoms with Crippen LogP contribution in [0.1, 0.15) is 23.5 Å². The number of anilines is 1. The van der Waals surface area contributed by atoms with Crippen LogP contribution in [-0.4, -0.2) is 34.3 Å². The summed E-state index contributed by atoms with van der Waals surface area (Å²) in [5.41, 5.74) is 0.555. The summed E-state index contributed by atoms with van der Waals surface area (Å²) in [4.78, 5) is 18.3. The number of ether oxygens (including phenoxy) is 1. The van der Waals surface area contributed by atoms with Crippen molar-refractivity contribution in [1.29, 1.82) is 0 Å². The van der Waals surface area contributed by atoms with Gasteiger partial charge in [0.2, 0.25) is 5.88 Å². The first-order valence-electron chi connectivity index (χ1n) is 6.17. The summed E-state index contributed by atoms with van der Waals surface area (Å²) in [6, 6.07) is 5.17. The molecule has 3 heterocycles. The lowest BCUT2D eigenvalue weighted by atomic mass is 10.2. The van der Waals surface area contributed by atoms with Crippen LogP contribution in [0.15, 0.2) is 24.4 Å². The fraction of sp³-hybridized carbons (Fsp3) is 0.308. The molecule has 104 valence electrons. The van der Waals surface area contributed by atoms with Crippen molar-refractivity contribution >= 4 is 23.3 Å². The van der Waals surface area contributed by atoms with Crippen molar-refractivity contribution < 1.29 is 9.53 Å². The topological polar surface area (TPSA) is 60.2 Å². The van der Waals surface area contributed by atoms with Gasteiger partial charge in [-0.2, -0.15) is 10.1 Å². The molecule has 3 rings (SSSR count). The molecule has 0 saturated carbocycles. The molecule has 1 unspecified atom stereocenters. The molecular weight excluding hydrogens is 280 g/mol. The number of fused-ring (bicyclic) bond motifs is 1. The SMILES string of the molecule is COc1nc(N2CC(C)n3nccc3C2=O)ccc1Cl. The van der Waals surface area contributed by atoms with Gasteiger partial charge in [-0.3, -0.25) is 14.4 Å². The van der Waals surface area contributed by atoms with E-state index in [0.717, 1.165) is 0 Å². The fourth-order valence-corrected chi connectivity index (χ4v) is 2.48. The number of nitrogens with zero attached hydrogens (tertiary/aromatic N) is 4. The van der Waals surface area contributed by atoms with E-state index >= 15 is 0 Å². The van der Waals surface area contributed by atoms with Gasteiger partial charge in [0.1, 0.15) is 16.5 Å². The summed E-state index contributed by atoms with van der Waals surface area (Å²) >= 11 is 5.96. The highest BCUT2D eigenvalue weighted by atomic mass is 35.5. The van der Waals surface area contributed by atoms with Crippen LogP contribution in [0, 0.1) is 0 Å². The van der Waals surface area contributed by atoms with Crippen molar-refractivity contribution in [2.75, 3.05) is 18.6 Å². The van der Waals surface area contributed by atoms with Crippen LogP contribution in [0.2, 0.25) is 5.02 Å². The molecule has 2 aromatic heterocycles. The number of rotatable bonds is 2. The van der Waals surface area contributed by atoms with E-state index in [-0.39, 0.29) is 11.9 Å². The Morgan fingerprint density at radius 2 is 2.20 bits per heavy atom. The number of hydrogen-bond acceptors (Lipinski definition) is 4. The monoisotopic (exact) mass is 292 g/mol. The predicted molar refractivity (Wildman–Crippen MR) is 74.4 cm³/mol. The van der Waals surface area contributed by atoms with Gasteiger partial charge in [-0.1, -0.05) is 11.6 Å². The number of pyridine rings is 1. The van der Waals surface area contributed by atoms with Gasteiger partial charge in [0.25, 0.3) is 5.91 Å². The Morgan fingerprint density at radius 3 is 2.95 bits per heavy atom. The lowest BCUT2D eigenvalue weighted by Crippen LogP contribution is -2.42. The molecule has 0 aliphatic carbocycles. The molecule has 0 bridgehead atoms. The van der Waals surface area contributed by atoms with E-state index in [9.17, 15) is 4.79 Å².